The Balaban J connectivity index is 1.42. The summed E-state index contributed by atoms with van der Waals surface area (Å²) in [4.78, 5) is 35.5. The van der Waals surface area contributed by atoms with Gasteiger partial charge in [-0.3, -0.25) is 19.6 Å². The summed E-state index contributed by atoms with van der Waals surface area (Å²) in [6.07, 6.45) is -0.680. The molecule has 0 saturated heterocycles. The minimum atomic E-state index is -1.16. The number of aromatic nitrogens is 2. The molecule has 1 aliphatic carbocycles. The molecule has 2 aromatic carbocycles. The molecule has 164 valence electrons. The van der Waals surface area contributed by atoms with E-state index in [1.54, 1.807) is 7.05 Å². The Bertz CT molecular complexity index is 1160. The number of benzene rings is 2. The number of nitrogens with zero attached hydrogens (tertiary/aromatic N) is 2. The Morgan fingerprint density at radius 2 is 1.69 bits per heavy atom. The summed E-state index contributed by atoms with van der Waals surface area (Å²) >= 11 is 0. The van der Waals surface area contributed by atoms with Gasteiger partial charge in [-0.25, -0.2) is 4.79 Å². The largest absolute Gasteiger partial charge is 0.480 e. The maximum atomic E-state index is 12.4. The molecule has 1 atom stereocenters. The maximum Gasteiger partial charge on any atom is 0.412 e. The topological polar surface area (TPSA) is 123 Å². The van der Waals surface area contributed by atoms with Crippen molar-refractivity contribution in [2.24, 2.45) is 7.05 Å². The van der Waals surface area contributed by atoms with E-state index >= 15 is 0 Å². The second kappa shape index (κ2) is 8.54. The van der Waals surface area contributed by atoms with Gasteiger partial charge in [-0.15, -0.1) is 0 Å². The highest BCUT2D eigenvalue weighted by molar-refractivity contribution is 5.96. The van der Waals surface area contributed by atoms with Crippen molar-refractivity contribution >= 4 is 23.8 Å². The number of hydrogen-bond acceptors (Lipinski definition) is 5. The minimum absolute atomic E-state index is 0.0189. The molecule has 0 bridgehead atoms. The average molecular weight is 434 g/mol. The Hall–Kier alpha value is -4.14. The monoisotopic (exact) mass is 434 g/mol. The van der Waals surface area contributed by atoms with Crippen LogP contribution in [0.5, 0.6) is 0 Å². The first-order valence-corrected chi connectivity index (χ1v) is 10.0. The quantitative estimate of drug-likeness (QED) is 0.548. The fourth-order valence-electron chi connectivity index (χ4n) is 3.77. The highest BCUT2D eigenvalue weighted by Gasteiger charge is 2.29. The molecule has 0 radical (unpaired) electrons. The molecule has 0 fully saturated rings. The first-order valence-electron chi connectivity index (χ1n) is 10.0. The Morgan fingerprint density at radius 3 is 2.28 bits per heavy atom. The van der Waals surface area contributed by atoms with Gasteiger partial charge in [0.25, 0.3) is 5.91 Å². The van der Waals surface area contributed by atoms with E-state index in [0.29, 0.717) is 0 Å². The van der Waals surface area contributed by atoms with Gasteiger partial charge in [0.2, 0.25) is 0 Å². The highest BCUT2D eigenvalue weighted by Crippen LogP contribution is 2.44. The van der Waals surface area contributed by atoms with E-state index in [9.17, 15) is 14.4 Å². The van der Waals surface area contributed by atoms with Gasteiger partial charge in [-0.05, 0) is 29.2 Å². The van der Waals surface area contributed by atoms with Gasteiger partial charge < -0.3 is 15.2 Å². The number of aryl methyl sites for hydroxylation is 1. The van der Waals surface area contributed by atoms with Crippen LogP contribution < -0.4 is 10.6 Å². The van der Waals surface area contributed by atoms with Gasteiger partial charge in [-0.2, -0.15) is 5.10 Å². The summed E-state index contributed by atoms with van der Waals surface area (Å²) in [6.45, 7) is 1.50. The summed E-state index contributed by atoms with van der Waals surface area (Å²) in [7, 11) is 1.55. The molecule has 4 rings (SSSR count). The summed E-state index contributed by atoms with van der Waals surface area (Å²) in [5.41, 5.74) is 4.46. The second-order valence-corrected chi connectivity index (χ2v) is 7.52. The molecule has 0 saturated carbocycles. The smallest absolute Gasteiger partial charge is 0.412 e. The SMILES string of the molecule is C[C@@H](NC(=O)c1cc(NC(=O)OCC2c3ccccc3-c3ccccc32)n(C)n1)C(=O)O. The number of carboxylic acid groups (broad SMARTS) is 1. The zero-order valence-electron chi connectivity index (χ0n) is 17.5. The lowest BCUT2D eigenvalue weighted by molar-refractivity contribution is -0.138. The Labute approximate surface area is 184 Å². The lowest BCUT2D eigenvalue weighted by atomic mass is 9.98. The van der Waals surface area contributed by atoms with Crippen LogP contribution in [-0.4, -0.2) is 45.5 Å². The molecule has 0 unspecified atom stereocenters. The molecule has 9 nitrogen and oxygen atoms in total. The van der Waals surface area contributed by atoms with Crippen molar-refractivity contribution < 1.29 is 24.2 Å². The first-order chi connectivity index (χ1) is 15.3. The van der Waals surface area contributed by atoms with Gasteiger partial charge in [0.15, 0.2) is 5.69 Å². The molecule has 0 aliphatic heterocycles. The van der Waals surface area contributed by atoms with Crippen LogP contribution in [0.25, 0.3) is 11.1 Å². The van der Waals surface area contributed by atoms with E-state index in [1.165, 1.54) is 17.7 Å². The van der Waals surface area contributed by atoms with Crippen molar-refractivity contribution in [2.75, 3.05) is 11.9 Å². The Morgan fingerprint density at radius 1 is 1.09 bits per heavy atom. The van der Waals surface area contributed by atoms with E-state index < -0.39 is 24.0 Å². The van der Waals surface area contributed by atoms with Crippen molar-refractivity contribution in [3.63, 3.8) is 0 Å². The van der Waals surface area contributed by atoms with Crippen molar-refractivity contribution in [1.82, 2.24) is 15.1 Å². The van der Waals surface area contributed by atoms with E-state index in [-0.39, 0.29) is 24.0 Å². The third kappa shape index (κ3) is 4.04. The van der Waals surface area contributed by atoms with Gasteiger partial charge in [0.1, 0.15) is 18.5 Å². The molecule has 1 aromatic heterocycles. The number of carboxylic acids is 1. The molecule has 9 heteroatoms. The van der Waals surface area contributed by atoms with Crippen molar-refractivity contribution in [3.8, 4) is 11.1 Å². The predicted octanol–water partition coefficient (Wildman–Crippen LogP) is 2.98. The minimum Gasteiger partial charge on any atom is -0.480 e. The lowest BCUT2D eigenvalue weighted by Gasteiger charge is -2.14. The van der Waals surface area contributed by atoms with Gasteiger partial charge in [-0.1, -0.05) is 48.5 Å². The third-order valence-corrected chi connectivity index (χ3v) is 5.40. The van der Waals surface area contributed by atoms with Gasteiger partial charge in [0, 0.05) is 19.0 Å². The average Bonchev–Trinajstić information content (AvgIpc) is 3.30. The summed E-state index contributed by atoms with van der Waals surface area (Å²) in [5, 5.41) is 17.8. The molecule has 2 amide bonds. The van der Waals surface area contributed by atoms with Crippen LogP contribution in [0.15, 0.2) is 54.6 Å². The number of amides is 2. The number of aliphatic carboxylic acids is 1. The molecule has 1 aliphatic rings. The number of fused-ring (bicyclic) bond motifs is 3. The van der Waals surface area contributed by atoms with Crippen LogP contribution in [0.1, 0.15) is 34.5 Å². The Kier molecular flexibility index (Phi) is 5.63. The standard InChI is InChI=1S/C23H22N4O5/c1-13(22(29)30)24-21(28)19-11-20(27(2)26-19)25-23(31)32-12-18-16-9-5-3-7-14(16)15-8-4-6-10-17(15)18/h3-11,13,18H,12H2,1-2H3,(H,24,28)(H,25,31)(H,29,30)/t13-/m1/s1. The number of rotatable bonds is 6. The molecule has 0 spiro atoms. The molecule has 1 heterocycles. The van der Waals surface area contributed by atoms with Crippen molar-refractivity contribution in [3.05, 3.63) is 71.4 Å². The zero-order valence-corrected chi connectivity index (χ0v) is 17.5. The summed E-state index contributed by atoms with van der Waals surface area (Å²) in [6, 6.07) is 16.4. The predicted molar refractivity (Wildman–Crippen MR) is 116 cm³/mol. The van der Waals surface area contributed by atoms with E-state index in [4.69, 9.17) is 9.84 Å². The van der Waals surface area contributed by atoms with Crippen molar-refractivity contribution in [2.45, 2.75) is 18.9 Å². The number of ether oxygens (including phenoxy) is 1. The molecular formula is C23H22N4O5. The second-order valence-electron chi connectivity index (χ2n) is 7.52. The van der Waals surface area contributed by atoms with Crippen LogP contribution in [0.2, 0.25) is 0 Å². The normalized spacial score (nSPS) is 13.1. The van der Waals surface area contributed by atoms with Crippen LogP contribution in [0.3, 0.4) is 0 Å². The van der Waals surface area contributed by atoms with Gasteiger partial charge in [0.05, 0.1) is 0 Å². The molecular weight excluding hydrogens is 412 g/mol. The summed E-state index contributed by atoms with van der Waals surface area (Å²) in [5.74, 6) is -1.64. The lowest BCUT2D eigenvalue weighted by Crippen LogP contribution is -2.38. The molecule has 3 N–H and O–H groups in total. The zero-order chi connectivity index (χ0) is 22.8. The number of anilines is 1. The molecule has 3 aromatic rings. The fourth-order valence-corrected chi connectivity index (χ4v) is 3.77. The maximum absolute atomic E-state index is 12.4. The van der Waals surface area contributed by atoms with E-state index in [2.05, 4.69) is 27.9 Å². The third-order valence-electron chi connectivity index (χ3n) is 5.40. The van der Waals surface area contributed by atoms with Crippen LogP contribution in [0, 0.1) is 0 Å². The number of nitrogens with one attached hydrogen (secondary N) is 2. The number of hydrogen-bond donors (Lipinski definition) is 3. The van der Waals surface area contributed by atoms with E-state index in [0.717, 1.165) is 22.3 Å². The molecule has 32 heavy (non-hydrogen) atoms. The van der Waals surface area contributed by atoms with E-state index in [1.807, 2.05) is 36.4 Å². The van der Waals surface area contributed by atoms with Crippen molar-refractivity contribution in [1.29, 1.82) is 0 Å². The fraction of sp³-hybridized carbons (Fsp3) is 0.217. The number of carbonyl (C=O) groups is 3. The number of carbonyl (C=O) groups excluding carboxylic acids is 2. The summed E-state index contributed by atoms with van der Waals surface area (Å²) < 4.78 is 6.80. The van der Waals surface area contributed by atoms with Crippen LogP contribution in [0.4, 0.5) is 10.6 Å². The van der Waals surface area contributed by atoms with Crippen LogP contribution >= 0.6 is 0 Å². The van der Waals surface area contributed by atoms with Gasteiger partial charge >= 0.3 is 12.1 Å². The van der Waals surface area contributed by atoms with Crippen LogP contribution in [-0.2, 0) is 16.6 Å². The highest BCUT2D eigenvalue weighted by atomic mass is 16.5. The first kappa shape index (κ1) is 21.1.